The Morgan fingerprint density at radius 3 is 2.26 bits per heavy atom. The van der Waals surface area contributed by atoms with Gasteiger partial charge in [-0.25, -0.2) is 0 Å². The fourth-order valence-electron chi connectivity index (χ4n) is 2.06. The van der Waals surface area contributed by atoms with Crippen molar-refractivity contribution < 1.29 is 19.1 Å². The number of fused-ring (bicyclic) bond motifs is 1. The highest BCUT2D eigenvalue weighted by atomic mass is 79.9. The molecule has 0 radical (unpaired) electrons. The minimum atomic E-state index is -0.404. The number of benzene rings is 2. The zero-order valence-corrected chi connectivity index (χ0v) is 13.6. The van der Waals surface area contributed by atoms with Gasteiger partial charge in [-0.2, -0.15) is 0 Å². The minimum absolute atomic E-state index is 0.169. The Balaban J connectivity index is 1.54. The summed E-state index contributed by atoms with van der Waals surface area (Å²) < 4.78 is 11.3. The molecule has 0 aromatic heterocycles. The lowest BCUT2D eigenvalue weighted by molar-refractivity contribution is -0.123. The lowest BCUT2D eigenvalue weighted by atomic mass is 10.2. The summed E-state index contributed by atoms with van der Waals surface area (Å²) in [4.78, 5) is 23.8. The molecule has 2 aromatic carbocycles. The smallest absolute Gasteiger partial charge is 0.233 e. The van der Waals surface area contributed by atoms with E-state index < -0.39 is 5.91 Å². The molecule has 3 rings (SSSR count). The topological polar surface area (TPSA) is 76.7 Å². The number of carbonyl (C=O) groups is 2. The molecule has 1 aliphatic rings. The SMILES string of the molecule is O=C(CC(=O)Nc1ccc2c(c1)OCO2)Nc1ccc(Br)cc1. The van der Waals surface area contributed by atoms with Gasteiger partial charge in [-0.05, 0) is 36.4 Å². The second-order valence-corrected chi connectivity index (χ2v) is 5.76. The van der Waals surface area contributed by atoms with E-state index in [1.54, 1.807) is 30.3 Å². The van der Waals surface area contributed by atoms with E-state index in [0.717, 1.165) is 4.47 Å². The first-order valence-corrected chi connectivity index (χ1v) is 7.64. The Hall–Kier alpha value is -2.54. The first-order valence-electron chi connectivity index (χ1n) is 6.85. The summed E-state index contributed by atoms with van der Waals surface area (Å²) in [6.45, 7) is 0.169. The van der Waals surface area contributed by atoms with E-state index in [1.807, 2.05) is 12.1 Å². The number of ether oxygens (including phenoxy) is 2. The largest absolute Gasteiger partial charge is 0.454 e. The highest BCUT2D eigenvalue weighted by molar-refractivity contribution is 9.10. The molecule has 2 amide bonds. The fraction of sp³-hybridized carbons (Fsp3) is 0.125. The summed E-state index contributed by atoms with van der Waals surface area (Å²) in [5.74, 6) is 0.419. The average Bonchev–Trinajstić information content (AvgIpc) is 2.97. The van der Waals surface area contributed by atoms with Gasteiger partial charge >= 0.3 is 0 Å². The van der Waals surface area contributed by atoms with Gasteiger partial charge in [0.1, 0.15) is 6.42 Å². The van der Waals surface area contributed by atoms with Crippen molar-refractivity contribution in [1.29, 1.82) is 0 Å². The highest BCUT2D eigenvalue weighted by Crippen LogP contribution is 2.34. The molecule has 0 bridgehead atoms. The van der Waals surface area contributed by atoms with Crippen LogP contribution < -0.4 is 20.1 Å². The second kappa shape index (κ2) is 6.70. The van der Waals surface area contributed by atoms with Crippen LogP contribution in [0.25, 0.3) is 0 Å². The van der Waals surface area contributed by atoms with Gasteiger partial charge < -0.3 is 20.1 Å². The number of amides is 2. The molecule has 0 atom stereocenters. The number of nitrogens with one attached hydrogen (secondary N) is 2. The highest BCUT2D eigenvalue weighted by Gasteiger charge is 2.15. The maximum Gasteiger partial charge on any atom is 0.233 e. The summed E-state index contributed by atoms with van der Waals surface area (Å²) in [6.07, 6.45) is -0.273. The zero-order valence-electron chi connectivity index (χ0n) is 12.0. The third kappa shape index (κ3) is 4.01. The van der Waals surface area contributed by atoms with Crippen LogP contribution in [0.1, 0.15) is 6.42 Å². The Bertz CT molecular complexity index is 746. The van der Waals surface area contributed by atoms with Gasteiger partial charge in [0.25, 0.3) is 0 Å². The summed E-state index contributed by atoms with van der Waals surface area (Å²) in [7, 11) is 0. The summed E-state index contributed by atoms with van der Waals surface area (Å²) in [5, 5.41) is 5.32. The molecule has 118 valence electrons. The molecule has 0 saturated heterocycles. The van der Waals surface area contributed by atoms with Crippen molar-refractivity contribution in [3.05, 3.63) is 46.9 Å². The van der Waals surface area contributed by atoms with Crippen molar-refractivity contribution in [2.45, 2.75) is 6.42 Å². The summed E-state index contributed by atoms with van der Waals surface area (Å²) >= 11 is 3.31. The van der Waals surface area contributed by atoms with Crippen molar-refractivity contribution in [1.82, 2.24) is 0 Å². The molecule has 2 N–H and O–H groups in total. The van der Waals surface area contributed by atoms with Crippen LogP contribution in [0.2, 0.25) is 0 Å². The summed E-state index contributed by atoms with van der Waals surface area (Å²) in [6, 6.07) is 12.2. The van der Waals surface area contributed by atoms with Gasteiger partial charge in [0, 0.05) is 21.9 Å². The predicted molar refractivity (Wildman–Crippen MR) is 88.6 cm³/mol. The van der Waals surface area contributed by atoms with Gasteiger partial charge in [-0.15, -0.1) is 0 Å². The van der Waals surface area contributed by atoms with Gasteiger partial charge in [-0.3, -0.25) is 9.59 Å². The van der Waals surface area contributed by atoms with E-state index in [9.17, 15) is 9.59 Å². The van der Waals surface area contributed by atoms with Gasteiger partial charge in [0.15, 0.2) is 11.5 Å². The lowest BCUT2D eigenvalue weighted by Crippen LogP contribution is -2.21. The molecule has 23 heavy (non-hydrogen) atoms. The molecular weight excluding hydrogens is 364 g/mol. The zero-order chi connectivity index (χ0) is 16.2. The van der Waals surface area contributed by atoms with Crippen molar-refractivity contribution in [3.63, 3.8) is 0 Å². The molecule has 1 aliphatic heterocycles. The Morgan fingerprint density at radius 1 is 0.913 bits per heavy atom. The number of carbonyl (C=O) groups excluding carboxylic acids is 2. The van der Waals surface area contributed by atoms with Crippen molar-refractivity contribution in [2.24, 2.45) is 0 Å². The molecule has 6 nitrogen and oxygen atoms in total. The molecule has 0 fully saturated rings. The molecule has 2 aromatic rings. The van der Waals surface area contributed by atoms with E-state index in [2.05, 4.69) is 26.6 Å². The first-order chi connectivity index (χ1) is 11.1. The van der Waals surface area contributed by atoms with E-state index >= 15 is 0 Å². The van der Waals surface area contributed by atoms with Crippen LogP contribution in [0.3, 0.4) is 0 Å². The predicted octanol–water partition coefficient (Wildman–Crippen LogP) is 3.15. The van der Waals surface area contributed by atoms with Gasteiger partial charge in [0.2, 0.25) is 18.6 Å². The van der Waals surface area contributed by atoms with Crippen LogP contribution in [0.4, 0.5) is 11.4 Å². The lowest BCUT2D eigenvalue weighted by Gasteiger charge is -2.07. The van der Waals surface area contributed by atoms with Gasteiger partial charge in [0.05, 0.1) is 0 Å². The van der Waals surface area contributed by atoms with E-state index in [4.69, 9.17) is 9.47 Å². The third-order valence-corrected chi connectivity index (χ3v) is 3.63. The molecule has 0 saturated carbocycles. The minimum Gasteiger partial charge on any atom is -0.454 e. The van der Waals surface area contributed by atoms with Crippen molar-refractivity contribution >= 4 is 39.1 Å². The number of hydrogen-bond donors (Lipinski definition) is 2. The third-order valence-electron chi connectivity index (χ3n) is 3.11. The van der Waals surface area contributed by atoms with Crippen LogP contribution >= 0.6 is 15.9 Å². The second-order valence-electron chi connectivity index (χ2n) is 4.85. The monoisotopic (exact) mass is 376 g/mol. The van der Waals surface area contributed by atoms with Crippen molar-refractivity contribution in [2.75, 3.05) is 17.4 Å². The van der Waals surface area contributed by atoms with Crippen molar-refractivity contribution in [3.8, 4) is 11.5 Å². The Morgan fingerprint density at radius 2 is 1.52 bits per heavy atom. The van der Waals surface area contributed by atoms with Gasteiger partial charge in [-0.1, -0.05) is 15.9 Å². The summed E-state index contributed by atoms with van der Waals surface area (Å²) in [5.41, 5.74) is 1.18. The molecule has 0 spiro atoms. The normalized spacial score (nSPS) is 11.9. The molecular formula is C16H13BrN2O4. The maximum absolute atomic E-state index is 11.9. The number of halogens is 1. The maximum atomic E-state index is 11.9. The Kier molecular flexibility index (Phi) is 4.47. The van der Waals surface area contributed by atoms with Crippen LogP contribution in [0, 0.1) is 0 Å². The fourth-order valence-corrected chi connectivity index (χ4v) is 2.33. The molecule has 0 unspecified atom stereocenters. The van der Waals surface area contributed by atoms with Crippen LogP contribution in [-0.2, 0) is 9.59 Å². The Labute approximate surface area is 140 Å². The molecule has 7 heteroatoms. The number of rotatable bonds is 4. The molecule has 1 heterocycles. The van der Waals surface area contributed by atoms with Crippen LogP contribution in [0.5, 0.6) is 11.5 Å². The van der Waals surface area contributed by atoms with E-state index in [0.29, 0.717) is 22.9 Å². The molecule has 0 aliphatic carbocycles. The van der Waals surface area contributed by atoms with E-state index in [1.165, 1.54) is 0 Å². The van der Waals surface area contributed by atoms with Crippen LogP contribution in [-0.4, -0.2) is 18.6 Å². The van der Waals surface area contributed by atoms with Crippen LogP contribution in [0.15, 0.2) is 46.9 Å². The number of hydrogen-bond acceptors (Lipinski definition) is 4. The quantitative estimate of drug-likeness (QED) is 0.803. The standard InChI is InChI=1S/C16H13BrN2O4/c17-10-1-3-11(4-2-10)18-15(20)8-16(21)19-12-5-6-13-14(7-12)23-9-22-13/h1-7H,8-9H2,(H,18,20)(H,19,21). The first kappa shape index (κ1) is 15.4. The van der Waals surface area contributed by atoms with E-state index in [-0.39, 0.29) is 19.1 Å². The average molecular weight is 377 g/mol. The number of anilines is 2.